The molecule has 0 rings (SSSR count). The van der Waals surface area contributed by atoms with E-state index in [1.54, 1.807) is 12.3 Å². The maximum atomic E-state index is 4.31. The van der Waals surface area contributed by atoms with Crippen LogP contribution in [0.3, 0.4) is 0 Å². The molecule has 0 aromatic heterocycles. The summed E-state index contributed by atoms with van der Waals surface area (Å²) in [6, 6.07) is 0. The van der Waals surface area contributed by atoms with E-state index in [-0.39, 0.29) is 0 Å². The van der Waals surface area contributed by atoms with Crippen LogP contribution in [0.5, 0.6) is 0 Å². The number of aliphatic imine (C=N–C) groups is 1. The quantitative estimate of drug-likeness (QED) is 0.171. The van der Waals surface area contributed by atoms with Crippen molar-refractivity contribution in [3.05, 3.63) is 37.1 Å². The van der Waals surface area contributed by atoms with Crippen LogP contribution in [0.25, 0.3) is 0 Å². The van der Waals surface area contributed by atoms with Gasteiger partial charge in [-0.25, -0.2) is 0 Å². The number of hydrogen-bond donors (Lipinski definition) is 0. The lowest BCUT2D eigenvalue weighted by Crippen LogP contribution is -2.03. The van der Waals surface area contributed by atoms with Crippen LogP contribution >= 0.6 is 0 Å². The summed E-state index contributed by atoms with van der Waals surface area (Å²) in [5.74, 6) is 0.623. The predicted octanol–water partition coefficient (Wildman–Crippen LogP) is 7.26. The zero-order chi connectivity index (χ0) is 16.5. The van der Waals surface area contributed by atoms with Crippen molar-refractivity contribution in [2.45, 2.75) is 84.5 Å². The van der Waals surface area contributed by atoms with Crippen molar-refractivity contribution >= 4 is 6.21 Å². The zero-order valence-electron chi connectivity index (χ0n) is 15.0. The summed E-state index contributed by atoms with van der Waals surface area (Å²) in [5, 5.41) is 0. The summed E-state index contributed by atoms with van der Waals surface area (Å²) in [5.41, 5.74) is 1.30. The summed E-state index contributed by atoms with van der Waals surface area (Å²) in [6.07, 6.45) is 22.1. The predicted molar refractivity (Wildman–Crippen MR) is 103 cm³/mol. The molecule has 0 fully saturated rings. The number of hydrogen-bond acceptors (Lipinski definition) is 1. The maximum Gasteiger partial charge on any atom is 0.0302 e. The highest BCUT2D eigenvalue weighted by Crippen LogP contribution is 2.26. The number of nitrogens with zero attached hydrogens (tertiary/aromatic N) is 1. The van der Waals surface area contributed by atoms with Crippen molar-refractivity contribution in [2.24, 2.45) is 10.9 Å². The second-order valence-electron chi connectivity index (χ2n) is 6.12. The molecule has 0 radical (unpaired) electrons. The highest BCUT2D eigenvalue weighted by Gasteiger charge is 2.11. The largest absolute Gasteiger partial charge is 0.264 e. The first-order valence-corrected chi connectivity index (χ1v) is 9.26. The molecule has 126 valence electrons. The Kier molecular flexibility index (Phi) is 15.4. The zero-order valence-corrected chi connectivity index (χ0v) is 15.0. The van der Waals surface area contributed by atoms with Crippen LogP contribution in [-0.4, -0.2) is 6.21 Å². The molecule has 1 nitrogen and oxygen atoms in total. The molecule has 1 heteroatoms. The second kappa shape index (κ2) is 16.3. The van der Waals surface area contributed by atoms with Gasteiger partial charge in [0.15, 0.2) is 0 Å². The van der Waals surface area contributed by atoms with Crippen molar-refractivity contribution in [1.82, 2.24) is 0 Å². The molecule has 0 amide bonds. The Labute approximate surface area is 139 Å². The first-order valence-electron chi connectivity index (χ1n) is 9.26. The molecule has 0 spiro atoms. The Hall–Kier alpha value is -1.11. The van der Waals surface area contributed by atoms with Crippen LogP contribution in [0.2, 0.25) is 0 Å². The van der Waals surface area contributed by atoms with Crippen molar-refractivity contribution in [3.8, 4) is 0 Å². The summed E-state index contributed by atoms with van der Waals surface area (Å²) < 4.78 is 0. The summed E-state index contributed by atoms with van der Waals surface area (Å²) >= 11 is 0. The van der Waals surface area contributed by atoms with E-state index in [0.717, 1.165) is 0 Å². The maximum absolute atomic E-state index is 4.31. The SMILES string of the molecule is C=C/C=N\C=C(/C=C)C(CCCCCC)CCCCCCC. The number of allylic oxidation sites excluding steroid dienone is 3. The third-order valence-corrected chi connectivity index (χ3v) is 4.18. The van der Waals surface area contributed by atoms with Gasteiger partial charge in [-0.05, 0) is 24.3 Å². The standard InChI is InChI=1S/C21H37N/c1-5-9-11-13-15-17-21(16-14-12-10-6-2)20(8-4)19-22-18-7-3/h7-8,18-19,21H,3-6,9-17H2,1-2H3/b20-19+,22-18-. The van der Waals surface area contributed by atoms with Gasteiger partial charge in [0, 0.05) is 12.4 Å². The fourth-order valence-electron chi connectivity index (χ4n) is 2.80. The lowest BCUT2D eigenvalue weighted by molar-refractivity contribution is 0.458. The van der Waals surface area contributed by atoms with E-state index in [4.69, 9.17) is 0 Å². The molecular formula is C21H37N. The van der Waals surface area contributed by atoms with E-state index in [1.165, 1.54) is 76.2 Å². The lowest BCUT2D eigenvalue weighted by atomic mass is 9.88. The van der Waals surface area contributed by atoms with Gasteiger partial charge in [0.1, 0.15) is 0 Å². The monoisotopic (exact) mass is 303 g/mol. The van der Waals surface area contributed by atoms with Gasteiger partial charge in [0.25, 0.3) is 0 Å². The topological polar surface area (TPSA) is 12.4 Å². The Morgan fingerprint density at radius 1 is 0.864 bits per heavy atom. The highest BCUT2D eigenvalue weighted by atomic mass is 14.7. The smallest absolute Gasteiger partial charge is 0.0302 e. The Balaban J connectivity index is 4.45. The van der Waals surface area contributed by atoms with Crippen LogP contribution in [0.15, 0.2) is 42.1 Å². The minimum Gasteiger partial charge on any atom is -0.264 e. The molecule has 0 aromatic carbocycles. The van der Waals surface area contributed by atoms with Gasteiger partial charge in [-0.3, -0.25) is 4.99 Å². The van der Waals surface area contributed by atoms with Crippen LogP contribution in [0, 0.1) is 5.92 Å². The van der Waals surface area contributed by atoms with Crippen molar-refractivity contribution < 1.29 is 0 Å². The summed E-state index contributed by atoms with van der Waals surface area (Å²) in [7, 11) is 0. The Morgan fingerprint density at radius 2 is 1.41 bits per heavy atom. The molecule has 22 heavy (non-hydrogen) atoms. The minimum atomic E-state index is 0.623. The fourth-order valence-corrected chi connectivity index (χ4v) is 2.80. The van der Waals surface area contributed by atoms with Crippen LogP contribution in [0.1, 0.15) is 84.5 Å². The van der Waals surface area contributed by atoms with E-state index >= 15 is 0 Å². The van der Waals surface area contributed by atoms with Crippen molar-refractivity contribution in [1.29, 1.82) is 0 Å². The second-order valence-corrected chi connectivity index (χ2v) is 6.12. The van der Waals surface area contributed by atoms with Gasteiger partial charge in [-0.1, -0.05) is 96.9 Å². The molecule has 0 saturated heterocycles. The third-order valence-electron chi connectivity index (χ3n) is 4.18. The first kappa shape index (κ1) is 20.9. The number of rotatable bonds is 15. The average Bonchev–Trinajstić information content (AvgIpc) is 2.54. The molecule has 0 aliphatic carbocycles. The first-order chi connectivity index (χ1) is 10.8. The van der Waals surface area contributed by atoms with Crippen molar-refractivity contribution in [3.63, 3.8) is 0 Å². The molecule has 0 N–H and O–H groups in total. The fraction of sp³-hybridized carbons (Fsp3) is 0.667. The van der Waals surface area contributed by atoms with Gasteiger partial charge in [-0.15, -0.1) is 0 Å². The van der Waals surface area contributed by atoms with Crippen LogP contribution in [0.4, 0.5) is 0 Å². The van der Waals surface area contributed by atoms with Gasteiger partial charge >= 0.3 is 0 Å². The Bertz CT molecular complexity index is 325. The van der Waals surface area contributed by atoms with Gasteiger partial charge in [0.2, 0.25) is 0 Å². The van der Waals surface area contributed by atoms with Gasteiger partial charge in [-0.2, -0.15) is 0 Å². The lowest BCUT2D eigenvalue weighted by Gasteiger charge is -2.18. The van der Waals surface area contributed by atoms with E-state index < -0.39 is 0 Å². The van der Waals surface area contributed by atoms with Crippen molar-refractivity contribution in [2.75, 3.05) is 0 Å². The number of unbranched alkanes of at least 4 members (excludes halogenated alkanes) is 7. The van der Waals surface area contributed by atoms with E-state index in [9.17, 15) is 0 Å². The Morgan fingerprint density at radius 3 is 1.91 bits per heavy atom. The van der Waals surface area contributed by atoms with Crippen LogP contribution in [-0.2, 0) is 0 Å². The average molecular weight is 304 g/mol. The van der Waals surface area contributed by atoms with Crippen LogP contribution < -0.4 is 0 Å². The summed E-state index contributed by atoms with van der Waals surface area (Å²) in [4.78, 5) is 4.31. The molecule has 0 aliphatic rings. The molecule has 1 unspecified atom stereocenters. The molecule has 1 atom stereocenters. The third kappa shape index (κ3) is 11.5. The normalized spacial score (nSPS) is 13.5. The van der Waals surface area contributed by atoms with E-state index in [1.807, 2.05) is 12.3 Å². The van der Waals surface area contributed by atoms with E-state index in [2.05, 4.69) is 32.0 Å². The molecule has 0 bridgehead atoms. The molecule has 0 aliphatic heterocycles. The molecular weight excluding hydrogens is 266 g/mol. The van der Waals surface area contributed by atoms with E-state index in [0.29, 0.717) is 5.92 Å². The minimum absolute atomic E-state index is 0.623. The highest BCUT2D eigenvalue weighted by molar-refractivity contribution is 5.70. The van der Waals surface area contributed by atoms with Gasteiger partial charge < -0.3 is 0 Å². The van der Waals surface area contributed by atoms with Gasteiger partial charge in [0.05, 0.1) is 0 Å². The molecule has 0 aromatic rings. The molecule has 0 heterocycles. The summed E-state index contributed by atoms with van der Waals surface area (Å²) in [6.45, 7) is 12.2. The molecule has 0 saturated carbocycles.